The molecule has 5 N–H and O–H groups in total. The molecule has 11 heteroatoms. The summed E-state index contributed by atoms with van der Waals surface area (Å²) in [6.07, 6.45) is 8.68. The van der Waals surface area contributed by atoms with Crippen LogP contribution in [0.25, 0.3) is 0 Å². The van der Waals surface area contributed by atoms with E-state index in [1.165, 1.54) is 12.3 Å². The second-order valence-corrected chi connectivity index (χ2v) is 10.8. The third kappa shape index (κ3) is 6.35. The molecular weight excluding hydrogens is 500 g/mol. The second kappa shape index (κ2) is 12.1. The van der Waals surface area contributed by atoms with Crippen LogP contribution in [0, 0.1) is 16.2 Å². The van der Waals surface area contributed by atoms with Gasteiger partial charge < -0.3 is 25.7 Å². The first-order valence-corrected chi connectivity index (χ1v) is 13.6. The first-order valence-electron chi connectivity index (χ1n) is 13.6. The van der Waals surface area contributed by atoms with Gasteiger partial charge in [0.05, 0.1) is 11.8 Å². The average molecular weight is 539 g/mol. The number of anilines is 1. The van der Waals surface area contributed by atoms with Crippen LogP contribution >= 0.6 is 0 Å². The number of aliphatic hydroxyl groups is 1. The number of likely N-dealkylation sites (N-methyl/N-ethyl adjacent to an activating group) is 1. The highest BCUT2D eigenvalue weighted by atomic mass is 16.5. The van der Waals surface area contributed by atoms with E-state index in [4.69, 9.17) is 20.7 Å². The molecule has 1 aliphatic heterocycles. The standard InChI is InChI=1S/C28H38N6O5/c1-17(20-8-6-14-34(20)2)39-23-16-22(31-13-10-18(29)15-24(36)37)32-27(33-23)25(30)19-7-5-12-28(26(19)38)11-4-3-9-21(28)35/h10,13,16-17,20,29-30,38H,3-9,11-12,14-15H2,1-2H3,(H,36,37)(H,31,32,33)/b13-10-,29-18?,30-25?/t17-,20-,28+/m0/s1. The van der Waals surface area contributed by atoms with Crippen LogP contribution < -0.4 is 10.1 Å². The van der Waals surface area contributed by atoms with Gasteiger partial charge in [0.1, 0.15) is 29.2 Å². The van der Waals surface area contributed by atoms with Crippen LogP contribution in [0.5, 0.6) is 5.88 Å². The van der Waals surface area contributed by atoms with Gasteiger partial charge >= 0.3 is 5.97 Å². The summed E-state index contributed by atoms with van der Waals surface area (Å²) in [7, 11) is 2.06. The molecule has 0 bridgehead atoms. The van der Waals surface area contributed by atoms with Crippen LogP contribution in [-0.4, -0.2) is 74.0 Å². The molecule has 210 valence electrons. The number of hydrogen-bond acceptors (Lipinski definition) is 10. The first-order chi connectivity index (χ1) is 18.6. The lowest BCUT2D eigenvalue weighted by atomic mass is 9.64. The molecule has 1 saturated heterocycles. The summed E-state index contributed by atoms with van der Waals surface area (Å²) in [5, 5.41) is 39.8. The lowest BCUT2D eigenvalue weighted by molar-refractivity contribution is -0.135. The molecule has 1 aromatic rings. The molecule has 3 aliphatic rings. The minimum absolute atomic E-state index is 0.0177. The van der Waals surface area contributed by atoms with Crippen molar-refractivity contribution in [3.8, 4) is 5.88 Å². The minimum atomic E-state index is -1.10. The smallest absolute Gasteiger partial charge is 0.309 e. The predicted octanol–water partition coefficient (Wildman–Crippen LogP) is 4.25. The summed E-state index contributed by atoms with van der Waals surface area (Å²) in [4.78, 5) is 35.0. The number of carboxylic acids is 1. The highest BCUT2D eigenvalue weighted by molar-refractivity contribution is 6.09. The molecule has 1 aromatic heterocycles. The van der Waals surface area contributed by atoms with Crippen LogP contribution in [0.4, 0.5) is 5.82 Å². The van der Waals surface area contributed by atoms with Crippen LogP contribution in [0.1, 0.15) is 77.0 Å². The monoisotopic (exact) mass is 538 g/mol. The third-order valence-electron chi connectivity index (χ3n) is 8.07. The Hall–Kier alpha value is -3.60. The van der Waals surface area contributed by atoms with Crippen molar-refractivity contribution in [2.45, 2.75) is 83.3 Å². The van der Waals surface area contributed by atoms with E-state index in [1.54, 1.807) is 6.07 Å². The largest absolute Gasteiger partial charge is 0.511 e. The number of ketones is 1. The Morgan fingerprint density at radius 2 is 2.03 bits per heavy atom. The van der Waals surface area contributed by atoms with Gasteiger partial charge in [-0.05, 0) is 71.5 Å². The Labute approximate surface area is 228 Å². The number of aromatic nitrogens is 2. The molecule has 1 spiro atoms. The summed E-state index contributed by atoms with van der Waals surface area (Å²) in [6, 6.07) is 1.81. The normalized spacial score (nSPS) is 24.8. The fourth-order valence-corrected chi connectivity index (χ4v) is 6.00. The van der Waals surface area contributed by atoms with Crippen LogP contribution in [-0.2, 0) is 9.59 Å². The van der Waals surface area contributed by atoms with Gasteiger partial charge in [0.25, 0.3) is 0 Å². The first kappa shape index (κ1) is 28.4. The number of nitrogens with zero attached hydrogens (tertiary/aromatic N) is 3. The molecule has 39 heavy (non-hydrogen) atoms. The molecule has 1 saturated carbocycles. The van der Waals surface area contributed by atoms with Gasteiger partial charge in [-0.3, -0.25) is 19.9 Å². The number of aliphatic hydroxyl groups excluding tert-OH is 1. The van der Waals surface area contributed by atoms with Crippen LogP contribution in [0.2, 0.25) is 0 Å². The quantitative estimate of drug-likeness (QED) is 0.273. The lowest BCUT2D eigenvalue weighted by Crippen LogP contribution is -2.39. The summed E-state index contributed by atoms with van der Waals surface area (Å²) in [6.45, 7) is 2.97. The zero-order valence-corrected chi connectivity index (χ0v) is 22.6. The number of carboxylic acid groups (broad SMARTS) is 1. The molecule has 0 aromatic carbocycles. The number of Topliss-reactive ketones (excluding diaryl/α,β-unsaturated/α-hetero) is 1. The predicted molar refractivity (Wildman–Crippen MR) is 147 cm³/mol. The van der Waals surface area contributed by atoms with E-state index >= 15 is 0 Å². The maximum Gasteiger partial charge on any atom is 0.309 e. The van der Waals surface area contributed by atoms with E-state index in [0.29, 0.717) is 43.5 Å². The van der Waals surface area contributed by atoms with E-state index in [0.717, 1.165) is 32.2 Å². The number of ether oxygens (including phenoxy) is 1. The lowest BCUT2D eigenvalue weighted by Gasteiger charge is -2.39. The van der Waals surface area contributed by atoms with Crippen molar-refractivity contribution in [1.29, 1.82) is 10.8 Å². The van der Waals surface area contributed by atoms with Gasteiger partial charge in [-0.25, -0.2) is 4.98 Å². The van der Waals surface area contributed by atoms with E-state index in [9.17, 15) is 14.7 Å². The molecule has 2 aliphatic carbocycles. The molecule has 3 atom stereocenters. The van der Waals surface area contributed by atoms with E-state index in [1.807, 2.05) is 6.92 Å². The maximum absolute atomic E-state index is 12.9. The Kier molecular flexibility index (Phi) is 8.79. The summed E-state index contributed by atoms with van der Waals surface area (Å²) >= 11 is 0. The highest BCUT2D eigenvalue weighted by Crippen LogP contribution is 2.48. The molecule has 11 nitrogen and oxygen atoms in total. The molecular formula is C28H38N6O5. The third-order valence-corrected chi connectivity index (χ3v) is 8.07. The van der Waals surface area contributed by atoms with E-state index in [2.05, 4.69) is 27.2 Å². The molecule has 2 heterocycles. The van der Waals surface area contributed by atoms with Gasteiger partial charge in [0.2, 0.25) is 5.88 Å². The van der Waals surface area contributed by atoms with Crippen molar-refractivity contribution in [2.75, 3.05) is 18.9 Å². The summed E-state index contributed by atoms with van der Waals surface area (Å²) in [5.41, 5.74) is -0.665. The number of allylic oxidation sites excluding steroid dienone is 3. The van der Waals surface area contributed by atoms with Crippen molar-refractivity contribution in [3.63, 3.8) is 0 Å². The Morgan fingerprint density at radius 1 is 1.26 bits per heavy atom. The minimum Gasteiger partial charge on any atom is -0.511 e. The van der Waals surface area contributed by atoms with Gasteiger partial charge in [-0.15, -0.1) is 0 Å². The van der Waals surface area contributed by atoms with Gasteiger partial charge in [0.15, 0.2) is 5.82 Å². The van der Waals surface area contributed by atoms with Crippen LogP contribution in [0.15, 0.2) is 29.7 Å². The second-order valence-electron chi connectivity index (χ2n) is 10.8. The van der Waals surface area contributed by atoms with Crippen molar-refractivity contribution < 1.29 is 24.5 Å². The van der Waals surface area contributed by atoms with Crippen molar-refractivity contribution in [1.82, 2.24) is 14.9 Å². The fraction of sp³-hybridized carbons (Fsp3) is 0.571. The zero-order valence-electron chi connectivity index (χ0n) is 22.6. The van der Waals surface area contributed by atoms with Gasteiger partial charge in [0, 0.05) is 36.0 Å². The number of nitrogens with one attached hydrogen (secondary N) is 3. The Morgan fingerprint density at radius 3 is 2.72 bits per heavy atom. The zero-order chi connectivity index (χ0) is 28.2. The Bertz CT molecular complexity index is 1210. The molecule has 4 rings (SSSR count). The van der Waals surface area contributed by atoms with Gasteiger partial charge in [-0.2, -0.15) is 4.98 Å². The van der Waals surface area contributed by atoms with Crippen molar-refractivity contribution in [3.05, 3.63) is 35.5 Å². The van der Waals surface area contributed by atoms with Crippen molar-refractivity contribution >= 4 is 29.0 Å². The number of carbonyl (C=O) groups is 2. The Balaban J connectivity index is 1.64. The number of likely N-dealkylation sites (tertiary alicyclic amines) is 1. The van der Waals surface area contributed by atoms with E-state index < -0.39 is 17.8 Å². The summed E-state index contributed by atoms with van der Waals surface area (Å²) in [5.74, 6) is -0.466. The topological polar surface area (TPSA) is 173 Å². The fourth-order valence-electron chi connectivity index (χ4n) is 6.00. The van der Waals surface area contributed by atoms with Crippen molar-refractivity contribution in [2.24, 2.45) is 5.41 Å². The molecule has 0 unspecified atom stereocenters. The van der Waals surface area contributed by atoms with Crippen LogP contribution in [0.3, 0.4) is 0 Å². The summed E-state index contributed by atoms with van der Waals surface area (Å²) < 4.78 is 6.22. The maximum atomic E-state index is 12.9. The highest BCUT2D eigenvalue weighted by Gasteiger charge is 2.47. The van der Waals surface area contributed by atoms with Gasteiger partial charge in [-0.1, -0.05) is 6.42 Å². The molecule has 2 fully saturated rings. The average Bonchev–Trinajstić information content (AvgIpc) is 3.32. The molecule has 0 amide bonds. The number of aliphatic carboxylic acids is 1. The number of hydrogen-bond donors (Lipinski definition) is 5. The van der Waals surface area contributed by atoms with E-state index in [-0.39, 0.29) is 46.8 Å². The molecule has 0 radical (unpaired) electrons. The number of carbonyl (C=O) groups excluding carboxylic acids is 1. The number of rotatable bonds is 10. The SMILES string of the molecule is C[C@H](Oc1cc(N/C=C\C(=N)CC(=O)O)nc(C(=N)C2=C(O)[C@]3(CCCCC3=O)CCC2)n1)[C@@H]1CCCN1C.